The van der Waals surface area contributed by atoms with Gasteiger partial charge in [-0.2, -0.15) is 0 Å². The lowest BCUT2D eigenvalue weighted by molar-refractivity contribution is -0.139. The average molecular weight is 255 g/mol. The molecule has 0 bridgehead atoms. The smallest absolute Gasteiger partial charge is 0.306 e. The summed E-state index contributed by atoms with van der Waals surface area (Å²) in [6.45, 7) is 2.63. The highest BCUT2D eigenvalue weighted by molar-refractivity contribution is 5.67. The minimum Gasteiger partial charge on any atom is -0.481 e. The van der Waals surface area contributed by atoms with Gasteiger partial charge in [-0.15, -0.1) is 0 Å². The van der Waals surface area contributed by atoms with Crippen LogP contribution in [0.2, 0.25) is 0 Å². The van der Waals surface area contributed by atoms with Gasteiger partial charge in [-0.3, -0.25) is 9.59 Å². The van der Waals surface area contributed by atoms with Gasteiger partial charge in [-0.05, 0) is 6.92 Å². The van der Waals surface area contributed by atoms with E-state index in [1.807, 2.05) is 6.92 Å². The van der Waals surface area contributed by atoms with Crippen molar-refractivity contribution in [2.75, 3.05) is 19.0 Å². The van der Waals surface area contributed by atoms with E-state index in [1.54, 1.807) is 6.20 Å². The zero-order valence-electron chi connectivity index (χ0n) is 10.4. The van der Waals surface area contributed by atoms with Crippen molar-refractivity contribution in [2.24, 2.45) is 0 Å². The van der Waals surface area contributed by atoms with E-state index in [4.69, 9.17) is 9.84 Å². The second-order valence-electron chi connectivity index (χ2n) is 3.70. The van der Waals surface area contributed by atoms with E-state index in [-0.39, 0.29) is 24.3 Å². The van der Waals surface area contributed by atoms with Crippen molar-refractivity contribution >= 4 is 11.8 Å². The van der Waals surface area contributed by atoms with Crippen molar-refractivity contribution in [1.29, 1.82) is 0 Å². The van der Waals surface area contributed by atoms with Crippen LogP contribution < -0.4 is 10.9 Å². The molecule has 1 atom stereocenters. The Balaban J connectivity index is 2.68. The molecule has 0 spiro atoms. The number of carboxylic acid groups (broad SMARTS) is 1. The lowest BCUT2D eigenvalue weighted by Crippen LogP contribution is -2.29. The summed E-state index contributed by atoms with van der Waals surface area (Å²) in [7, 11) is 1.43. The van der Waals surface area contributed by atoms with Gasteiger partial charge < -0.3 is 19.7 Å². The molecule has 18 heavy (non-hydrogen) atoms. The average Bonchev–Trinajstić information content (AvgIpc) is 2.35. The summed E-state index contributed by atoms with van der Waals surface area (Å²) in [4.78, 5) is 26.3. The van der Waals surface area contributed by atoms with Crippen LogP contribution in [-0.4, -0.2) is 40.4 Å². The molecule has 0 aliphatic rings. The zero-order valence-corrected chi connectivity index (χ0v) is 10.4. The number of methoxy groups -OCH3 is 1. The molecule has 0 saturated heterocycles. The van der Waals surface area contributed by atoms with Crippen LogP contribution in [0.25, 0.3) is 0 Å². The molecule has 1 aromatic rings. The van der Waals surface area contributed by atoms with Crippen LogP contribution in [-0.2, 0) is 16.1 Å². The second kappa shape index (κ2) is 6.75. The van der Waals surface area contributed by atoms with E-state index in [1.165, 1.54) is 17.9 Å². The van der Waals surface area contributed by atoms with E-state index in [2.05, 4.69) is 10.3 Å². The van der Waals surface area contributed by atoms with Gasteiger partial charge in [0.2, 0.25) is 0 Å². The number of anilines is 1. The Morgan fingerprint density at radius 3 is 2.94 bits per heavy atom. The SMILES string of the molecule is CCn1ccnc(NCC(CC(=O)O)OC)c1=O. The van der Waals surface area contributed by atoms with Crippen LogP contribution in [0.4, 0.5) is 5.82 Å². The number of nitrogens with one attached hydrogen (secondary N) is 1. The lowest BCUT2D eigenvalue weighted by Gasteiger charge is -2.14. The Hall–Kier alpha value is -1.89. The molecule has 1 heterocycles. The summed E-state index contributed by atoms with van der Waals surface area (Å²) in [5, 5.41) is 11.5. The number of carboxylic acids is 1. The molecule has 100 valence electrons. The van der Waals surface area contributed by atoms with Crippen LogP contribution in [0, 0.1) is 0 Å². The van der Waals surface area contributed by atoms with E-state index in [0.29, 0.717) is 6.54 Å². The van der Waals surface area contributed by atoms with Crippen molar-refractivity contribution in [1.82, 2.24) is 9.55 Å². The van der Waals surface area contributed by atoms with Crippen LogP contribution in [0.1, 0.15) is 13.3 Å². The van der Waals surface area contributed by atoms with Crippen molar-refractivity contribution < 1.29 is 14.6 Å². The molecule has 0 aromatic carbocycles. The first kappa shape index (κ1) is 14.2. The molecule has 1 unspecified atom stereocenters. The van der Waals surface area contributed by atoms with E-state index >= 15 is 0 Å². The number of hydrogen-bond donors (Lipinski definition) is 2. The van der Waals surface area contributed by atoms with Crippen LogP contribution in [0.15, 0.2) is 17.2 Å². The molecule has 2 N–H and O–H groups in total. The Morgan fingerprint density at radius 1 is 1.67 bits per heavy atom. The van der Waals surface area contributed by atoms with Gasteiger partial charge in [0.25, 0.3) is 5.56 Å². The van der Waals surface area contributed by atoms with Gasteiger partial charge in [0, 0.05) is 32.6 Å². The lowest BCUT2D eigenvalue weighted by atomic mass is 10.2. The molecule has 7 nitrogen and oxygen atoms in total. The minimum absolute atomic E-state index is 0.127. The van der Waals surface area contributed by atoms with Crippen molar-refractivity contribution in [3.8, 4) is 0 Å². The van der Waals surface area contributed by atoms with Crippen LogP contribution in [0.3, 0.4) is 0 Å². The Labute approximate surface area is 104 Å². The number of aliphatic carboxylic acids is 1. The number of aryl methyl sites for hydroxylation is 1. The minimum atomic E-state index is -0.948. The fourth-order valence-electron chi connectivity index (χ4n) is 1.46. The van der Waals surface area contributed by atoms with Gasteiger partial charge in [-0.1, -0.05) is 0 Å². The van der Waals surface area contributed by atoms with Gasteiger partial charge in [0.05, 0.1) is 12.5 Å². The molecule has 1 aromatic heterocycles. The molecular formula is C11H17N3O4. The number of aromatic nitrogens is 2. The Morgan fingerprint density at radius 2 is 2.39 bits per heavy atom. The Kier molecular flexibility index (Phi) is 5.31. The molecule has 0 fully saturated rings. The maximum atomic E-state index is 11.8. The van der Waals surface area contributed by atoms with Gasteiger partial charge in [0.1, 0.15) is 0 Å². The van der Waals surface area contributed by atoms with Crippen molar-refractivity contribution in [2.45, 2.75) is 26.0 Å². The van der Waals surface area contributed by atoms with E-state index in [0.717, 1.165) is 0 Å². The monoisotopic (exact) mass is 255 g/mol. The molecule has 7 heteroatoms. The molecule has 0 aliphatic heterocycles. The second-order valence-corrected chi connectivity index (χ2v) is 3.70. The predicted octanol–water partition coefficient (Wildman–Crippen LogP) is 0.165. The quantitative estimate of drug-likeness (QED) is 0.721. The highest BCUT2D eigenvalue weighted by Crippen LogP contribution is 2.00. The maximum absolute atomic E-state index is 11.8. The molecular weight excluding hydrogens is 238 g/mol. The standard InChI is InChI=1S/C11H17N3O4/c1-3-14-5-4-12-10(11(14)17)13-7-8(18-2)6-9(15)16/h4-5,8H,3,6-7H2,1-2H3,(H,12,13)(H,15,16). The number of rotatable bonds is 7. The first-order valence-electron chi connectivity index (χ1n) is 5.62. The molecule has 0 radical (unpaired) electrons. The van der Waals surface area contributed by atoms with Gasteiger partial charge in [-0.25, -0.2) is 4.98 Å². The third-order valence-corrected chi connectivity index (χ3v) is 2.49. The predicted molar refractivity (Wildman–Crippen MR) is 65.7 cm³/mol. The summed E-state index contributed by atoms with van der Waals surface area (Å²) in [5.41, 5.74) is -0.231. The van der Waals surface area contributed by atoms with Crippen molar-refractivity contribution in [3.05, 3.63) is 22.7 Å². The largest absolute Gasteiger partial charge is 0.481 e. The number of ether oxygens (including phenoxy) is 1. The zero-order chi connectivity index (χ0) is 13.5. The molecule has 0 amide bonds. The highest BCUT2D eigenvalue weighted by atomic mass is 16.5. The first-order valence-corrected chi connectivity index (χ1v) is 5.62. The summed E-state index contributed by atoms with van der Waals surface area (Å²) in [5.74, 6) is -0.748. The topological polar surface area (TPSA) is 93.5 Å². The van der Waals surface area contributed by atoms with Gasteiger partial charge in [0.15, 0.2) is 5.82 Å². The normalized spacial score (nSPS) is 12.1. The third-order valence-electron chi connectivity index (χ3n) is 2.49. The first-order chi connectivity index (χ1) is 8.58. The number of carbonyl (C=O) groups is 1. The molecule has 0 saturated carbocycles. The third kappa shape index (κ3) is 3.85. The summed E-state index contributed by atoms with van der Waals surface area (Å²) >= 11 is 0. The maximum Gasteiger partial charge on any atom is 0.306 e. The number of hydrogen-bond acceptors (Lipinski definition) is 5. The molecule has 0 aliphatic carbocycles. The summed E-state index contributed by atoms with van der Waals surface area (Å²) in [6, 6.07) is 0. The number of nitrogens with zero attached hydrogens (tertiary/aromatic N) is 2. The molecule has 1 rings (SSSR count). The van der Waals surface area contributed by atoms with Crippen molar-refractivity contribution in [3.63, 3.8) is 0 Å². The fourth-order valence-corrected chi connectivity index (χ4v) is 1.46. The van der Waals surface area contributed by atoms with Crippen LogP contribution in [0.5, 0.6) is 0 Å². The Bertz CT molecular complexity index is 458. The van der Waals surface area contributed by atoms with E-state index in [9.17, 15) is 9.59 Å². The summed E-state index contributed by atoms with van der Waals surface area (Å²) < 4.78 is 6.51. The summed E-state index contributed by atoms with van der Waals surface area (Å²) in [6.07, 6.45) is 2.49. The van der Waals surface area contributed by atoms with E-state index < -0.39 is 12.1 Å². The highest BCUT2D eigenvalue weighted by Gasteiger charge is 2.13. The van der Waals surface area contributed by atoms with Gasteiger partial charge >= 0.3 is 5.97 Å². The fraction of sp³-hybridized carbons (Fsp3) is 0.545. The van der Waals surface area contributed by atoms with Crippen LogP contribution >= 0.6 is 0 Å².